The largest absolute Gasteiger partial charge is 0.466 e. The Morgan fingerprint density at radius 2 is 1.32 bits per heavy atom. The molecule has 0 spiro atoms. The topological polar surface area (TPSA) is 107 Å². The summed E-state index contributed by atoms with van der Waals surface area (Å²) < 4.78 is 14.9. The lowest BCUT2D eigenvalue weighted by Crippen LogP contribution is -2.73. The number of hydrogen-bond donors (Lipinski definition) is 1. The fourth-order valence-electron chi connectivity index (χ4n) is 6.79. The first-order valence-electron chi connectivity index (χ1n) is 22.1. The number of aliphatic imine (C=N–C) groups is 1. The SMILES string of the molecule is CCCC1(C)N(C)C(=O)C1(C)CC.CCCC1(C)NC(=O)C1(C)CC.CCCCCN=C(C)CCCC.CCO/C(OI)=C(/C)CC.CCOC(=O)C(C)CC. The van der Waals surface area contributed by atoms with Crippen molar-refractivity contribution in [2.24, 2.45) is 21.7 Å². The first-order valence-corrected chi connectivity index (χ1v) is 23.0. The van der Waals surface area contributed by atoms with Crippen molar-refractivity contribution in [2.75, 3.05) is 26.8 Å². The number of amides is 2. The van der Waals surface area contributed by atoms with E-state index in [1.165, 1.54) is 44.2 Å². The molecular formula is C46H90IN3O6. The molecule has 2 rings (SSSR count). The number of likely N-dealkylation sites (tertiary alicyclic amines) is 1. The van der Waals surface area contributed by atoms with Crippen molar-refractivity contribution in [3.05, 3.63) is 11.5 Å². The maximum Gasteiger partial charge on any atom is 0.308 e. The Morgan fingerprint density at radius 1 is 0.786 bits per heavy atom. The highest BCUT2D eigenvalue weighted by Crippen LogP contribution is 2.52. The first kappa shape index (κ1) is 58.5. The third kappa shape index (κ3) is 18.0. The second kappa shape index (κ2) is 31.1. The average molecular weight is 908 g/mol. The Labute approximate surface area is 360 Å². The van der Waals surface area contributed by atoms with Crippen LogP contribution in [0.15, 0.2) is 16.5 Å². The number of ether oxygens (including phenoxy) is 2. The smallest absolute Gasteiger partial charge is 0.308 e. The van der Waals surface area contributed by atoms with E-state index in [4.69, 9.17) is 12.5 Å². The summed E-state index contributed by atoms with van der Waals surface area (Å²) in [5.74, 6) is 1.17. The number of nitrogens with one attached hydrogen (secondary N) is 1. The molecule has 0 radical (unpaired) electrons. The van der Waals surface area contributed by atoms with Gasteiger partial charge in [0, 0.05) is 24.9 Å². The van der Waals surface area contributed by atoms with Crippen LogP contribution in [0.5, 0.6) is 0 Å². The van der Waals surface area contributed by atoms with Crippen LogP contribution in [0.4, 0.5) is 0 Å². The van der Waals surface area contributed by atoms with Gasteiger partial charge in [0.1, 0.15) is 0 Å². The quantitative estimate of drug-likeness (QED) is 0.0326. The standard InChI is InChI=1S/C11H21NO.C11H23N.C10H19NO.C7H13IO2.C7H14O2/c1-6-8-11(4)10(3,7-2)9(13)12(11)5;1-4-6-8-10-12-11(3)9-7-5-2;1-5-7-10(4)9(3,6-2)8(12)11-10;1-4-6(3)7(10-8)9-5-2;1-4-6(3)7(8)9-5-2/h6-8H2,1-5H3;4-10H2,1-3H3;5-7H2,1-4H3,(H,11,12);4-5H2,1-3H3;6H,4-5H2,1-3H3/b;;;7-6+;. The predicted molar refractivity (Wildman–Crippen MR) is 247 cm³/mol. The minimum absolute atomic E-state index is 0.0492. The van der Waals surface area contributed by atoms with Crippen LogP contribution in [0.3, 0.4) is 0 Å². The molecule has 0 aromatic carbocycles. The van der Waals surface area contributed by atoms with Crippen molar-refractivity contribution in [3.8, 4) is 0 Å². The molecule has 5 unspecified atom stereocenters. The maximum atomic E-state index is 11.7. The Hall–Kier alpha value is -1.85. The van der Waals surface area contributed by atoms with Crippen molar-refractivity contribution in [3.63, 3.8) is 0 Å². The van der Waals surface area contributed by atoms with E-state index in [-0.39, 0.29) is 39.7 Å². The van der Waals surface area contributed by atoms with Crippen LogP contribution in [-0.2, 0) is 26.9 Å². The predicted octanol–water partition coefficient (Wildman–Crippen LogP) is 13.0. The van der Waals surface area contributed by atoms with E-state index < -0.39 is 0 Å². The lowest BCUT2D eigenvalue weighted by molar-refractivity contribution is -0.186. The number of esters is 1. The van der Waals surface area contributed by atoms with E-state index in [0.717, 1.165) is 63.5 Å². The molecule has 9 nitrogen and oxygen atoms in total. The average Bonchev–Trinajstić information content (AvgIpc) is 3.19. The normalized spacial score (nSPS) is 24.6. The number of nitrogens with zero attached hydrogens (tertiary/aromatic N) is 2. The fourth-order valence-corrected chi connectivity index (χ4v) is 7.29. The molecule has 0 saturated carbocycles. The molecular weight excluding hydrogens is 817 g/mol. The summed E-state index contributed by atoms with van der Waals surface area (Å²) in [7, 11) is 1.93. The van der Waals surface area contributed by atoms with E-state index in [1.54, 1.807) is 0 Å². The molecule has 2 saturated heterocycles. The van der Waals surface area contributed by atoms with Gasteiger partial charge < -0.3 is 22.8 Å². The lowest BCUT2D eigenvalue weighted by Gasteiger charge is -2.61. The van der Waals surface area contributed by atoms with Gasteiger partial charge >= 0.3 is 5.97 Å². The van der Waals surface area contributed by atoms with E-state index >= 15 is 0 Å². The van der Waals surface area contributed by atoms with Gasteiger partial charge in [-0.2, -0.15) is 0 Å². The van der Waals surface area contributed by atoms with Gasteiger partial charge in [0.25, 0.3) is 5.95 Å². The number of rotatable bonds is 20. The summed E-state index contributed by atoms with van der Waals surface area (Å²) in [6.45, 7) is 37.6. The summed E-state index contributed by atoms with van der Waals surface area (Å²) in [5, 5.41) is 3.02. The number of carbonyl (C=O) groups is 3. The minimum Gasteiger partial charge on any atom is -0.466 e. The van der Waals surface area contributed by atoms with Crippen molar-refractivity contribution in [1.82, 2.24) is 10.2 Å². The van der Waals surface area contributed by atoms with Gasteiger partial charge in [-0.25, -0.2) is 0 Å². The summed E-state index contributed by atoms with van der Waals surface area (Å²) >= 11 is 1.83. The number of carbonyl (C=O) groups excluding carboxylic acids is 3. The molecule has 2 aliphatic rings. The van der Waals surface area contributed by atoms with Gasteiger partial charge in [-0.1, -0.05) is 94.4 Å². The molecule has 56 heavy (non-hydrogen) atoms. The molecule has 0 aromatic rings. The third-order valence-electron chi connectivity index (χ3n) is 12.3. The Morgan fingerprint density at radius 3 is 1.71 bits per heavy atom. The monoisotopic (exact) mass is 908 g/mol. The maximum absolute atomic E-state index is 11.7. The molecule has 10 heteroatoms. The summed E-state index contributed by atoms with van der Waals surface area (Å²) in [4.78, 5) is 40.3. The molecule has 2 amide bonds. The fraction of sp³-hybridized carbons (Fsp3) is 0.870. The molecule has 2 heterocycles. The highest BCUT2D eigenvalue weighted by molar-refractivity contribution is 14.1. The lowest BCUT2D eigenvalue weighted by atomic mass is 9.59. The summed E-state index contributed by atoms with van der Waals surface area (Å²) in [6.07, 6.45) is 15.8. The van der Waals surface area contributed by atoms with Gasteiger partial charge in [-0.15, -0.1) is 0 Å². The van der Waals surface area contributed by atoms with Crippen molar-refractivity contribution < 1.29 is 26.9 Å². The van der Waals surface area contributed by atoms with Gasteiger partial charge in [0.05, 0.1) is 41.0 Å². The molecule has 1 N–H and O–H groups in total. The van der Waals surface area contributed by atoms with Crippen molar-refractivity contribution >= 4 is 46.5 Å². The van der Waals surface area contributed by atoms with Gasteiger partial charge in [0.15, 0.2) is 23.0 Å². The van der Waals surface area contributed by atoms with E-state index in [2.05, 4.69) is 93.4 Å². The number of halogens is 1. The van der Waals surface area contributed by atoms with Crippen LogP contribution in [0.2, 0.25) is 0 Å². The Balaban J connectivity index is -0.000000631. The number of allylic oxidation sites excluding steroid dienone is 1. The molecule has 332 valence electrons. The van der Waals surface area contributed by atoms with Gasteiger partial charge in [-0.05, 0) is 113 Å². The summed E-state index contributed by atoms with van der Waals surface area (Å²) in [5.41, 5.74) is 2.39. The number of β-lactam (4-membered cyclic amide) rings is 2. The molecule has 0 aliphatic carbocycles. The van der Waals surface area contributed by atoms with Crippen LogP contribution < -0.4 is 5.32 Å². The summed E-state index contributed by atoms with van der Waals surface area (Å²) in [6, 6.07) is 0. The zero-order chi connectivity index (χ0) is 44.2. The Bertz CT molecular complexity index is 1160. The van der Waals surface area contributed by atoms with E-state index in [9.17, 15) is 14.4 Å². The molecule has 0 bridgehead atoms. The molecule has 5 atom stereocenters. The molecule has 2 fully saturated rings. The third-order valence-corrected chi connectivity index (χ3v) is 12.7. The zero-order valence-corrected chi connectivity index (χ0v) is 42.0. The highest BCUT2D eigenvalue weighted by atomic mass is 127. The van der Waals surface area contributed by atoms with Crippen LogP contribution in [0.1, 0.15) is 208 Å². The van der Waals surface area contributed by atoms with Crippen LogP contribution in [0, 0.1) is 16.7 Å². The number of hydrogen-bond acceptors (Lipinski definition) is 7. The first-order chi connectivity index (χ1) is 26.2. The van der Waals surface area contributed by atoms with Crippen molar-refractivity contribution in [1.29, 1.82) is 0 Å². The second-order valence-electron chi connectivity index (χ2n) is 16.2. The molecule has 0 aromatic heterocycles. The van der Waals surface area contributed by atoms with Crippen molar-refractivity contribution in [2.45, 2.75) is 219 Å². The van der Waals surface area contributed by atoms with Gasteiger partial charge in [0.2, 0.25) is 11.8 Å². The molecule has 2 aliphatic heterocycles. The Kier molecular flexibility index (Phi) is 32.5. The van der Waals surface area contributed by atoms with Gasteiger partial charge in [-0.3, -0.25) is 19.4 Å². The van der Waals surface area contributed by atoms with Crippen LogP contribution in [-0.4, -0.2) is 66.3 Å². The highest BCUT2D eigenvalue weighted by Gasteiger charge is 2.62. The van der Waals surface area contributed by atoms with Crippen LogP contribution >= 0.6 is 23.0 Å². The van der Waals surface area contributed by atoms with Crippen LogP contribution in [0.25, 0.3) is 0 Å². The van der Waals surface area contributed by atoms with E-state index in [1.807, 2.05) is 69.6 Å². The second-order valence-corrected chi connectivity index (χ2v) is 16.7. The van der Waals surface area contributed by atoms with E-state index in [0.29, 0.717) is 25.1 Å². The number of unbranched alkanes of at least 4 members (excludes halogenated alkanes) is 3. The zero-order valence-electron chi connectivity index (χ0n) is 39.8. The minimum atomic E-state index is -0.122.